The number of nitrogens with one attached hydrogen (secondary N) is 2. The largest absolute Gasteiger partial charge is 0.497 e. The third kappa shape index (κ3) is 2.79. The lowest BCUT2D eigenvalue weighted by atomic mass is 10.1. The summed E-state index contributed by atoms with van der Waals surface area (Å²) in [4.78, 5) is 13.4. The van der Waals surface area contributed by atoms with Crippen molar-refractivity contribution >= 4 is 17.3 Å². The maximum Gasteiger partial charge on any atom is 0.190 e. The topological polar surface area (TPSA) is 92.5 Å². The molecule has 0 bridgehead atoms. The number of hydrogen-bond acceptors (Lipinski definition) is 8. The van der Waals surface area contributed by atoms with Gasteiger partial charge in [0, 0.05) is 11.8 Å². The van der Waals surface area contributed by atoms with Gasteiger partial charge < -0.3 is 4.74 Å². The van der Waals surface area contributed by atoms with Crippen LogP contribution in [0.3, 0.4) is 0 Å². The van der Waals surface area contributed by atoms with E-state index in [-0.39, 0.29) is 0 Å². The lowest BCUT2D eigenvalue weighted by Crippen LogP contribution is -2.35. The number of hydrogen-bond donors (Lipinski definition) is 2. The average Bonchev–Trinajstić information content (AvgIpc) is 3.34. The van der Waals surface area contributed by atoms with Gasteiger partial charge in [-0.05, 0) is 35.9 Å². The first-order valence-corrected chi connectivity index (χ1v) is 8.39. The molecule has 1 aromatic carbocycles. The zero-order chi connectivity index (χ0) is 18.2. The van der Waals surface area contributed by atoms with Gasteiger partial charge in [-0.2, -0.15) is 5.10 Å². The van der Waals surface area contributed by atoms with Crippen molar-refractivity contribution in [3.05, 3.63) is 60.7 Å². The van der Waals surface area contributed by atoms with Gasteiger partial charge in [0.05, 0.1) is 25.5 Å². The molecule has 0 radical (unpaired) electrons. The van der Waals surface area contributed by atoms with Crippen molar-refractivity contribution in [3.63, 3.8) is 0 Å². The summed E-state index contributed by atoms with van der Waals surface area (Å²) in [5, 5.41) is 6.09. The number of nitrogens with zero attached hydrogens (tertiary/aromatic N) is 6. The Kier molecular flexibility index (Phi) is 3.58. The zero-order valence-corrected chi connectivity index (χ0v) is 14.5. The van der Waals surface area contributed by atoms with Crippen LogP contribution in [0.1, 0.15) is 5.56 Å². The van der Waals surface area contributed by atoms with Crippen LogP contribution in [-0.4, -0.2) is 31.7 Å². The molecule has 0 unspecified atom stereocenters. The maximum absolute atomic E-state index is 5.21. The third-order valence-electron chi connectivity index (χ3n) is 4.38. The Morgan fingerprint density at radius 2 is 1.96 bits per heavy atom. The van der Waals surface area contributed by atoms with Crippen molar-refractivity contribution in [1.82, 2.24) is 30.1 Å². The van der Waals surface area contributed by atoms with Gasteiger partial charge in [-0.25, -0.2) is 19.5 Å². The van der Waals surface area contributed by atoms with Crippen LogP contribution >= 0.6 is 0 Å². The van der Waals surface area contributed by atoms with E-state index in [1.807, 2.05) is 47.6 Å². The molecule has 4 aromatic rings. The van der Waals surface area contributed by atoms with Crippen molar-refractivity contribution in [2.24, 2.45) is 0 Å². The highest BCUT2D eigenvalue weighted by molar-refractivity contribution is 5.70. The highest BCUT2D eigenvalue weighted by Crippen LogP contribution is 2.29. The molecule has 27 heavy (non-hydrogen) atoms. The zero-order valence-electron chi connectivity index (χ0n) is 14.5. The summed E-state index contributed by atoms with van der Waals surface area (Å²) in [6, 6.07) is 11.7. The second kappa shape index (κ2) is 6.22. The fraction of sp³-hybridized carbons (Fsp3) is 0.111. The van der Waals surface area contributed by atoms with Crippen LogP contribution in [0.4, 0.5) is 11.6 Å². The molecular formula is C18H16N8O. The summed E-state index contributed by atoms with van der Waals surface area (Å²) in [5.74, 6) is 2.23. The Bertz CT molecular complexity index is 1110. The van der Waals surface area contributed by atoms with Crippen LogP contribution in [0.2, 0.25) is 0 Å². The molecule has 0 atom stereocenters. The Morgan fingerprint density at radius 1 is 1.07 bits per heavy atom. The van der Waals surface area contributed by atoms with E-state index in [0.717, 1.165) is 34.0 Å². The van der Waals surface area contributed by atoms with Crippen LogP contribution in [0.5, 0.6) is 5.75 Å². The van der Waals surface area contributed by atoms with Crippen molar-refractivity contribution in [1.29, 1.82) is 0 Å². The Hall–Kier alpha value is -3.72. The fourth-order valence-corrected chi connectivity index (χ4v) is 2.98. The van der Waals surface area contributed by atoms with E-state index in [1.165, 1.54) is 6.33 Å². The molecule has 0 aliphatic carbocycles. The standard InChI is InChI=1S/C18H16N8O/c1-27-14-5-3-13(4-6-14)15-8-19-17-18(22-15)26(24-23-17)10-12-2-7-16-20-11-21-25(16)9-12/h2-9,11,24H,10H2,1H3,(H,19,23). The smallest absolute Gasteiger partial charge is 0.190 e. The molecule has 2 N–H and O–H groups in total. The molecule has 5 rings (SSSR count). The van der Waals surface area contributed by atoms with E-state index in [9.17, 15) is 0 Å². The third-order valence-corrected chi connectivity index (χ3v) is 4.38. The van der Waals surface area contributed by atoms with Gasteiger partial charge in [0.1, 0.15) is 12.1 Å². The summed E-state index contributed by atoms with van der Waals surface area (Å²) in [5.41, 5.74) is 9.79. The molecule has 4 heterocycles. The number of aromatic nitrogens is 5. The predicted molar refractivity (Wildman–Crippen MR) is 99.9 cm³/mol. The molecule has 1 aliphatic rings. The first kappa shape index (κ1) is 15.5. The minimum atomic E-state index is 0.594. The number of anilines is 2. The van der Waals surface area contributed by atoms with Crippen molar-refractivity contribution in [2.75, 3.05) is 17.5 Å². The van der Waals surface area contributed by atoms with Gasteiger partial charge in [0.25, 0.3) is 0 Å². The number of benzene rings is 1. The molecule has 0 amide bonds. The van der Waals surface area contributed by atoms with E-state index in [1.54, 1.807) is 17.8 Å². The second-order valence-corrected chi connectivity index (χ2v) is 6.08. The Labute approximate surface area is 154 Å². The minimum absolute atomic E-state index is 0.594. The molecule has 0 fully saturated rings. The number of rotatable bonds is 4. The molecule has 0 spiro atoms. The summed E-state index contributed by atoms with van der Waals surface area (Å²) in [7, 11) is 1.65. The van der Waals surface area contributed by atoms with E-state index >= 15 is 0 Å². The lowest BCUT2D eigenvalue weighted by molar-refractivity contribution is 0.415. The first-order chi connectivity index (χ1) is 13.3. The van der Waals surface area contributed by atoms with E-state index < -0.39 is 0 Å². The maximum atomic E-state index is 5.21. The molecule has 9 nitrogen and oxygen atoms in total. The number of hydrazine groups is 2. The van der Waals surface area contributed by atoms with Gasteiger partial charge in [-0.15, -0.1) is 5.53 Å². The van der Waals surface area contributed by atoms with Crippen molar-refractivity contribution in [2.45, 2.75) is 6.54 Å². The quantitative estimate of drug-likeness (QED) is 0.571. The first-order valence-electron chi connectivity index (χ1n) is 8.39. The van der Waals surface area contributed by atoms with Crippen LogP contribution in [-0.2, 0) is 6.54 Å². The van der Waals surface area contributed by atoms with E-state index in [0.29, 0.717) is 12.4 Å². The number of fused-ring (bicyclic) bond motifs is 2. The van der Waals surface area contributed by atoms with Crippen LogP contribution < -0.4 is 20.7 Å². The van der Waals surface area contributed by atoms with Crippen LogP contribution in [0, 0.1) is 0 Å². The molecule has 3 aromatic heterocycles. The van der Waals surface area contributed by atoms with Gasteiger partial charge in [0.15, 0.2) is 17.3 Å². The number of pyridine rings is 1. The van der Waals surface area contributed by atoms with E-state index in [4.69, 9.17) is 9.72 Å². The number of ether oxygens (including phenoxy) is 1. The predicted octanol–water partition coefficient (Wildman–Crippen LogP) is 2.05. The molecule has 0 saturated carbocycles. The van der Waals surface area contributed by atoms with Gasteiger partial charge in [-0.1, -0.05) is 6.07 Å². The van der Waals surface area contributed by atoms with Crippen molar-refractivity contribution in [3.8, 4) is 17.0 Å². The highest BCUT2D eigenvalue weighted by Gasteiger charge is 2.22. The molecule has 9 heteroatoms. The SMILES string of the molecule is COc1ccc(-c2cnc3c(n2)N(Cc2ccc4ncnn4c2)NN3)cc1. The lowest BCUT2D eigenvalue weighted by Gasteiger charge is -2.17. The monoisotopic (exact) mass is 360 g/mol. The molecule has 0 saturated heterocycles. The van der Waals surface area contributed by atoms with Crippen LogP contribution in [0.15, 0.2) is 55.1 Å². The van der Waals surface area contributed by atoms with E-state index in [2.05, 4.69) is 26.0 Å². The minimum Gasteiger partial charge on any atom is -0.497 e. The summed E-state index contributed by atoms with van der Waals surface area (Å²) in [6.45, 7) is 0.594. The number of methoxy groups -OCH3 is 1. The fourth-order valence-electron chi connectivity index (χ4n) is 2.98. The molecule has 134 valence electrons. The average molecular weight is 360 g/mol. The Balaban J connectivity index is 1.44. The normalized spacial score (nSPS) is 12.9. The van der Waals surface area contributed by atoms with Gasteiger partial charge >= 0.3 is 0 Å². The summed E-state index contributed by atoms with van der Waals surface area (Å²) < 4.78 is 6.96. The highest BCUT2D eigenvalue weighted by atomic mass is 16.5. The summed E-state index contributed by atoms with van der Waals surface area (Å²) in [6.07, 6.45) is 5.24. The molecular weight excluding hydrogens is 344 g/mol. The molecule has 1 aliphatic heterocycles. The van der Waals surface area contributed by atoms with Crippen molar-refractivity contribution < 1.29 is 4.74 Å². The summed E-state index contributed by atoms with van der Waals surface area (Å²) >= 11 is 0. The van der Waals surface area contributed by atoms with Crippen LogP contribution in [0.25, 0.3) is 16.9 Å². The van der Waals surface area contributed by atoms with Gasteiger partial charge in [-0.3, -0.25) is 10.4 Å². The van der Waals surface area contributed by atoms with Gasteiger partial charge in [0.2, 0.25) is 0 Å². The Morgan fingerprint density at radius 3 is 2.81 bits per heavy atom. The second-order valence-electron chi connectivity index (χ2n) is 6.08.